The zero-order valence-electron chi connectivity index (χ0n) is 22.4. The van der Waals surface area contributed by atoms with Gasteiger partial charge in [0.05, 0.1) is 22.6 Å². The Morgan fingerprint density at radius 2 is 1.76 bits per heavy atom. The lowest BCUT2D eigenvalue weighted by Gasteiger charge is -2.24. The number of sulfone groups is 1. The fourth-order valence-corrected chi connectivity index (χ4v) is 6.72. The quantitative estimate of drug-likeness (QED) is 0.340. The van der Waals surface area contributed by atoms with Gasteiger partial charge in [-0.25, -0.2) is 8.42 Å². The minimum atomic E-state index is -4.48. The lowest BCUT2D eigenvalue weighted by atomic mass is 9.99. The van der Waals surface area contributed by atoms with Gasteiger partial charge in [-0.05, 0) is 85.0 Å². The third-order valence-electron chi connectivity index (χ3n) is 7.87. The summed E-state index contributed by atoms with van der Waals surface area (Å²) in [5.41, 5.74) is 1.05. The fourth-order valence-electron chi connectivity index (χ4n) is 5.38. The van der Waals surface area contributed by atoms with E-state index in [2.05, 4.69) is 11.1 Å². The van der Waals surface area contributed by atoms with Gasteiger partial charge in [0, 0.05) is 25.2 Å². The third kappa shape index (κ3) is 4.98. The molecule has 2 heterocycles. The Morgan fingerprint density at radius 3 is 2.41 bits per heavy atom. The second-order valence-electron chi connectivity index (χ2n) is 10.9. The van der Waals surface area contributed by atoms with Crippen LogP contribution in [0.1, 0.15) is 48.7 Å². The summed E-state index contributed by atoms with van der Waals surface area (Å²) in [6, 6.07) is 17.7. The van der Waals surface area contributed by atoms with Gasteiger partial charge in [-0.2, -0.15) is 10.2 Å². The summed E-state index contributed by atoms with van der Waals surface area (Å²) in [4.78, 5) is 30.1. The number of rotatable bonds is 8. The van der Waals surface area contributed by atoms with E-state index < -0.39 is 32.2 Å². The Bertz CT molecular complexity index is 1930. The van der Waals surface area contributed by atoms with E-state index in [1.54, 1.807) is 43.6 Å². The monoisotopic (exact) mass is 568 g/mol. The van der Waals surface area contributed by atoms with Gasteiger partial charge >= 0.3 is 0 Å². The van der Waals surface area contributed by atoms with Gasteiger partial charge < -0.3 is 9.67 Å². The van der Waals surface area contributed by atoms with Crippen molar-refractivity contribution in [3.05, 3.63) is 105 Å². The molecular weight excluding hydrogens is 540 g/mol. The van der Waals surface area contributed by atoms with Crippen LogP contribution in [0.5, 0.6) is 5.88 Å². The van der Waals surface area contributed by atoms with Crippen molar-refractivity contribution in [3.63, 3.8) is 0 Å². The molecule has 1 N–H and O–H groups in total. The number of pyridine rings is 1. The summed E-state index contributed by atoms with van der Waals surface area (Å²) in [7, 11) is -2.86. The lowest BCUT2D eigenvalue weighted by molar-refractivity contribution is 0.399. The molecule has 0 amide bonds. The van der Waals surface area contributed by atoms with Crippen molar-refractivity contribution in [2.75, 3.05) is 0 Å². The first-order valence-electron chi connectivity index (χ1n) is 13.5. The molecule has 1 atom stereocenters. The van der Waals surface area contributed by atoms with Crippen LogP contribution in [0.2, 0.25) is 0 Å². The average molecular weight is 569 g/mol. The summed E-state index contributed by atoms with van der Waals surface area (Å²) in [5.74, 6) is -0.0699. The van der Waals surface area contributed by atoms with Crippen molar-refractivity contribution in [2.45, 2.75) is 47.9 Å². The number of nitrogens with zero attached hydrogens (tertiary/aromatic N) is 4. The molecule has 10 heteroatoms. The third-order valence-corrected chi connectivity index (χ3v) is 9.66. The van der Waals surface area contributed by atoms with E-state index in [1.165, 1.54) is 33.4 Å². The van der Waals surface area contributed by atoms with E-state index in [4.69, 9.17) is 0 Å². The second kappa shape index (κ2) is 10.2. The Hall–Kier alpha value is -4.49. The SMILES string of the molecule is Cn1cccc(-c2ccc(S(=O)(=O)c3c(O)nc(CC4CC4)n(C(c4cccc(C#N)c4)C4CC4)c3=O)cc2)c1=O. The second-order valence-corrected chi connectivity index (χ2v) is 12.8. The first-order valence-corrected chi connectivity index (χ1v) is 15.0. The van der Waals surface area contributed by atoms with E-state index in [0.717, 1.165) is 31.2 Å². The molecule has 2 fully saturated rings. The molecule has 2 saturated carbocycles. The first-order chi connectivity index (χ1) is 19.7. The molecule has 0 bridgehead atoms. The number of aromatic hydroxyl groups is 1. The topological polar surface area (TPSA) is 135 Å². The van der Waals surface area contributed by atoms with Crippen LogP contribution in [0.3, 0.4) is 0 Å². The zero-order chi connectivity index (χ0) is 28.9. The normalized spacial score (nSPS) is 15.8. The zero-order valence-corrected chi connectivity index (χ0v) is 23.2. The highest BCUT2D eigenvalue weighted by atomic mass is 32.2. The van der Waals surface area contributed by atoms with Gasteiger partial charge in [0.2, 0.25) is 15.7 Å². The number of aryl methyl sites for hydroxylation is 1. The summed E-state index contributed by atoms with van der Waals surface area (Å²) in [6.07, 6.45) is 5.73. The molecule has 2 aliphatic carbocycles. The molecule has 0 spiro atoms. The van der Waals surface area contributed by atoms with Crippen LogP contribution < -0.4 is 11.1 Å². The average Bonchev–Trinajstić information content (AvgIpc) is 3.89. The number of hydrogen-bond donors (Lipinski definition) is 1. The highest BCUT2D eigenvalue weighted by Gasteiger charge is 2.39. The van der Waals surface area contributed by atoms with Crippen LogP contribution in [-0.2, 0) is 23.3 Å². The van der Waals surface area contributed by atoms with Crippen molar-refractivity contribution < 1.29 is 13.5 Å². The van der Waals surface area contributed by atoms with E-state index in [1.807, 2.05) is 6.07 Å². The number of nitriles is 1. The van der Waals surface area contributed by atoms with Crippen molar-refractivity contribution in [3.8, 4) is 23.1 Å². The molecular formula is C31H28N4O5S. The van der Waals surface area contributed by atoms with Gasteiger partial charge in [-0.1, -0.05) is 24.3 Å². The Labute approximate surface area is 236 Å². The summed E-state index contributed by atoms with van der Waals surface area (Å²) in [6.45, 7) is 0. The van der Waals surface area contributed by atoms with Crippen LogP contribution >= 0.6 is 0 Å². The molecule has 2 aliphatic rings. The van der Waals surface area contributed by atoms with Crippen LogP contribution in [0.4, 0.5) is 0 Å². The minimum Gasteiger partial charge on any atom is -0.492 e. The largest absolute Gasteiger partial charge is 0.492 e. The molecule has 2 aromatic carbocycles. The van der Waals surface area contributed by atoms with Crippen LogP contribution in [0.15, 0.2) is 86.2 Å². The number of hydrogen-bond acceptors (Lipinski definition) is 7. The van der Waals surface area contributed by atoms with E-state index >= 15 is 0 Å². The molecule has 0 aliphatic heterocycles. The smallest absolute Gasteiger partial charge is 0.277 e. The van der Waals surface area contributed by atoms with Gasteiger partial charge in [0.1, 0.15) is 5.82 Å². The maximum atomic E-state index is 14.2. The number of aromatic nitrogens is 3. The first kappa shape index (κ1) is 26.7. The fraction of sp³-hybridized carbons (Fsp3) is 0.290. The van der Waals surface area contributed by atoms with Crippen molar-refractivity contribution in [1.29, 1.82) is 5.26 Å². The maximum Gasteiger partial charge on any atom is 0.277 e. The Balaban J connectivity index is 1.49. The maximum absolute atomic E-state index is 14.2. The minimum absolute atomic E-state index is 0.0780. The molecule has 208 valence electrons. The lowest BCUT2D eigenvalue weighted by Crippen LogP contribution is -2.34. The van der Waals surface area contributed by atoms with Crippen molar-refractivity contribution in [1.82, 2.24) is 14.1 Å². The molecule has 1 unspecified atom stereocenters. The Kier molecular flexibility index (Phi) is 6.62. The Morgan fingerprint density at radius 1 is 1.02 bits per heavy atom. The van der Waals surface area contributed by atoms with E-state index in [9.17, 15) is 28.4 Å². The number of benzene rings is 2. The standard InChI is InChI=1S/C31H28N4O5S/c1-34-15-3-6-25(30(34)37)21-11-13-24(14-12-21)41(39,40)28-29(36)33-26(17-19-7-8-19)35(31(28)38)27(22-9-10-22)23-5-2-4-20(16-23)18-32/h2-6,11-16,19,22,27,36H,7-10,17H2,1H3. The summed E-state index contributed by atoms with van der Waals surface area (Å²) >= 11 is 0. The molecule has 41 heavy (non-hydrogen) atoms. The molecule has 4 aromatic rings. The molecule has 9 nitrogen and oxygen atoms in total. The van der Waals surface area contributed by atoms with Gasteiger partial charge in [-0.15, -0.1) is 0 Å². The highest BCUT2D eigenvalue weighted by Crippen LogP contribution is 2.45. The molecule has 0 radical (unpaired) electrons. The highest BCUT2D eigenvalue weighted by molar-refractivity contribution is 7.91. The van der Waals surface area contributed by atoms with Gasteiger partial charge in [-0.3, -0.25) is 14.2 Å². The molecule has 0 saturated heterocycles. The van der Waals surface area contributed by atoms with Crippen molar-refractivity contribution >= 4 is 9.84 Å². The summed E-state index contributed by atoms with van der Waals surface area (Å²) in [5, 5.41) is 20.4. The van der Waals surface area contributed by atoms with Gasteiger partial charge in [0.15, 0.2) is 4.90 Å². The predicted molar refractivity (Wildman–Crippen MR) is 151 cm³/mol. The van der Waals surface area contributed by atoms with E-state index in [0.29, 0.717) is 34.9 Å². The van der Waals surface area contributed by atoms with E-state index in [-0.39, 0.29) is 16.4 Å². The van der Waals surface area contributed by atoms with Crippen LogP contribution in [-0.4, -0.2) is 27.6 Å². The predicted octanol–water partition coefficient (Wildman–Crippen LogP) is 3.97. The molecule has 6 rings (SSSR count). The van der Waals surface area contributed by atoms with Crippen LogP contribution in [0.25, 0.3) is 11.1 Å². The molecule has 2 aromatic heterocycles. The van der Waals surface area contributed by atoms with Crippen molar-refractivity contribution in [2.24, 2.45) is 18.9 Å². The van der Waals surface area contributed by atoms with Crippen LogP contribution in [0, 0.1) is 23.2 Å². The van der Waals surface area contributed by atoms with Gasteiger partial charge in [0.25, 0.3) is 11.1 Å². The summed E-state index contributed by atoms with van der Waals surface area (Å²) < 4.78 is 30.6.